The van der Waals surface area contributed by atoms with E-state index in [1.54, 1.807) is 30.3 Å². The quantitative estimate of drug-likeness (QED) is 0.323. The second-order valence-corrected chi connectivity index (χ2v) is 7.10. The molecule has 152 valence electrons. The van der Waals surface area contributed by atoms with Crippen molar-refractivity contribution in [3.05, 3.63) is 53.6 Å². The highest BCUT2D eigenvalue weighted by molar-refractivity contribution is 6.10. The van der Waals surface area contributed by atoms with Crippen LogP contribution >= 0.6 is 0 Å². The van der Waals surface area contributed by atoms with E-state index >= 15 is 0 Å². The lowest BCUT2D eigenvalue weighted by Crippen LogP contribution is -2.26. The highest BCUT2D eigenvalue weighted by atomic mass is 16.5. The van der Waals surface area contributed by atoms with Gasteiger partial charge in [-0.25, -0.2) is 0 Å². The first-order valence-electron chi connectivity index (χ1n) is 10.2. The summed E-state index contributed by atoms with van der Waals surface area (Å²) in [6.45, 7) is 8.53. The van der Waals surface area contributed by atoms with Crippen molar-refractivity contribution < 1.29 is 9.53 Å². The number of carbonyl (C=O) groups excluding carboxylic acids is 1. The van der Waals surface area contributed by atoms with Crippen LogP contribution in [0.25, 0.3) is 0 Å². The molecule has 5 heteroatoms. The highest BCUT2D eigenvalue weighted by Gasteiger charge is 2.11. The summed E-state index contributed by atoms with van der Waals surface area (Å²) in [5.74, 6) is 0.625. The van der Waals surface area contributed by atoms with Crippen molar-refractivity contribution in [3.8, 4) is 5.75 Å². The number of hydrogen-bond acceptors (Lipinski definition) is 5. The number of unbranched alkanes of at least 4 members (excludes halogenated alkanes) is 1. The molecule has 0 unspecified atom stereocenters. The Morgan fingerprint density at radius 2 is 1.61 bits per heavy atom. The zero-order chi connectivity index (χ0) is 20.4. The van der Waals surface area contributed by atoms with Crippen LogP contribution in [0.1, 0.15) is 55.5 Å². The van der Waals surface area contributed by atoms with Gasteiger partial charge in [0.25, 0.3) is 0 Å². The van der Waals surface area contributed by atoms with E-state index in [9.17, 15) is 4.79 Å². The maximum atomic E-state index is 12.7. The van der Waals surface area contributed by atoms with Gasteiger partial charge >= 0.3 is 0 Å². The number of nitrogen functional groups attached to an aromatic ring is 2. The topological polar surface area (TPSA) is 81.6 Å². The lowest BCUT2D eigenvalue weighted by molar-refractivity contribution is 0.103. The molecule has 0 atom stereocenters. The van der Waals surface area contributed by atoms with Gasteiger partial charge in [0, 0.05) is 11.1 Å². The Bertz CT molecular complexity index is 755. The Balaban J connectivity index is 1.85. The molecule has 2 aromatic carbocycles. The van der Waals surface area contributed by atoms with Crippen LogP contribution in [-0.4, -0.2) is 36.9 Å². The minimum Gasteiger partial charge on any atom is -0.494 e. The Hall–Kier alpha value is -2.53. The van der Waals surface area contributed by atoms with Crippen LogP contribution in [0.15, 0.2) is 42.5 Å². The summed E-state index contributed by atoms with van der Waals surface area (Å²) in [5.41, 5.74) is 13.5. The van der Waals surface area contributed by atoms with Gasteiger partial charge < -0.3 is 21.1 Å². The molecule has 4 N–H and O–H groups in total. The molecule has 0 aliphatic heterocycles. The zero-order valence-corrected chi connectivity index (χ0v) is 17.1. The van der Waals surface area contributed by atoms with Crippen LogP contribution in [0.2, 0.25) is 0 Å². The van der Waals surface area contributed by atoms with E-state index in [2.05, 4.69) is 18.7 Å². The van der Waals surface area contributed by atoms with E-state index in [1.165, 1.54) is 12.8 Å². The summed E-state index contributed by atoms with van der Waals surface area (Å²) in [7, 11) is 0. The van der Waals surface area contributed by atoms with Crippen molar-refractivity contribution in [2.24, 2.45) is 0 Å². The smallest absolute Gasteiger partial charge is 0.193 e. The first-order valence-corrected chi connectivity index (χ1v) is 10.2. The molecule has 0 aromatic heterocycles. The third kappa shape index (κ3) is 6.57. The number of hydrogen-bond donors (Lipinski definition) is 2. The van der Waals surface area contributed by atoms with Gasteiger partial charge in [-0.15, -0.1) is 0 Å². The molecular formula is C23H33N3O2. The molecule has 0 radical (unpaired) electrons. The molecule has 0 heterocycles. The van der Waals surface area contributed by atoms with Crippen LogP contribution in [-0.2, 0) is 0 Å². The Labute approximate surface area is 168 Å². The normalized spacial score (nSPS) is 11.0. The number of anilines is 2. The van der Waals surface area contributed by atoms with E-state index < -0.39 is 0 Å². The minimum absolute atomic E-state index is 0.0908. The molecule has 0 spiro atoms. The molecular weight excluding hydrogens is 350 g/mol. The third-order valence-corrected chi connectivity index (χ3v) is 4.66. The van der Waals surface area contributed by atoms with Crippen molar-refractivity contribution in [3.63, 3.8) is 0 Å². The van der Waals surface area contributed by atoms with Gasteiger partial charge in [0.2, 0.25) is 0 Å². The minimum atomic E-state index is -0.0908. The van der Waals surface area contributed by atoms with Gasteiger partial charge in [-0.1, -0.05) is 26.0 Å². The second-order valence-electron chi connectivity index (χ2n) is 7.10. The summed E-state index contributed by atoms with van der Waals surface area (Å²) < 4.78 is 5.86. The van der Waals surface area contributed by atoms with E-state index in [0.717, 1.165) is 32.5 Å². The summed E-state index contributed by atoms with van der Waals surface area (Å²) in [6, 6.07) is 12.3. The fourth-order valence-electron chi connectivity index (χ4n) is 3.21. The van der Waals surface area contributed by atoms with E-state index in [-0.39, 0.29) is 5.78 Å². The number of ketones is 1. The Morgan fingerprint density at radius 1 is 0.893 bits per heavy atom. The van der Waals surface area contributed by atoms with Crippen molar-refractivity contribution in [2.45, 2.75) is 39.5 Å². The van der Waals surface area contributed by atoms with Crippen LogP contribution < -0.4 is 16.2 Å². The van der Waals surface area contributed by atoms with E-state index in [1.807, 2.05) is 12.1 Å². The first kappa shape index (κ1) is 21.8. The van der Waals surface area contributed by atoms with E-state index in [0.29, 0.717) is 34.9 Å². The van der Waals surface area contributed by atoms with Crippen molar-refractivity contribution in [1.82, 2.24) is 4.90 Å². The molecule has 0 saturated carbocycles. The summed E-state index contributed by atoms with van der Waals surface area (Å²) >= 11 is 0. The number of benzene rings is 2. The number of rotatable bonds is 12. The molecule has 0 aliphatic rings. The number of carbonyl (C=O) groups is 1. The van der Waals surface area contributed by atoms with Gasteiger partial charge in [0.05, 0.1) is 18.0 Å². The Morgan fingerprint density at radius 3 is 2.29 bits per heavy atom. The average molecular weight is 384 g/mol. The second kappa shape index (κ2) is 11.3. The van der Waals surface area contributed by atoms with Crippen molar-refractivity contribution in [2.75, 3.05) is 37.7 Å². The van der Waals surface area contributed by atoms with Gasteiger partial charge in [-0.3, -0.25) is 4.79 Å². The number of ether oxygens (including phenoxy) is 1. The predicted octanol–water partition coefficient (Wildman–Crippen LogP) is 4.36. The molecule has 2 rings (SSSR count). The van der Waals surface area contributed by atoms with Gasteiger partial charge in [-0.05, 0) is 75.6 Å². The highest BCUT2D eigenvalue weighted by Crippen LogP contribution is 2.21. The van der Waals surface area contributed by atoms with Gasteiger partial charge in [0.15, 0.2) is 5.78 Å². The average Bonchev–Trinajstić information content (AvgIpc) is 2.70. The first-order chi connectivity index (χ1) is 13.5. The number of nitrogens with two attached hydrogens (primary N) is 2. The van der Waals surface area contributed by atoms with Gasteiger partial charge in [-0.2, -0.15) is 0 Å². The van der Waals surface area contributed by atoms with Crippen LogP contribution in [0.5, 0.6) is 5.75 Å². The van der Waals surface area contributed by atoms with E-state index in [4.69, 9.17) is 16.2 Å². The molecule has 0 aliphatic carbocycles. The fraction of sp³-hybridized carbons (Fsp3) is 0.435. The monoisotopic (exact) mass is 383 g/mol. The molecule has 2 aromatic rings. The fourth-order valence-corrected chi connectivity index (χ4v) is 3.21. The Kier molecular flexibility index (Phi) is 8.82. The largest absolute Gasteiger partial charge is 0.494 e. The lowest BCUT2D eigenvalue weighted by Gasteiger charge is -2.20. The summed E-state index contributed by atoms with van der Waals surface area (Å²) in [6.07, 6.45) is 4.49. The SMILES string of the molecule is CCCN(CCC)CCCCOc1cccc(C(=O)c2ccc(N)c(N)c2)c1. The molecule has 0 saturated heterocycles. The molecule has 28 heavy (non-hydrogen) atoms. The predicted molar refractivity (Wildman–Crippen MR) is 117 cm³/mol. The summed E-state index contributed by atoms with van der Waals surface area (Å²) in [4.78, 5) is 15.2. The summed E-state index contributed by atoms with van der Waals surface area (Å²) in [5, 5.41) is 0. The molecule has 0 fully saturated rings. The maximum absolute atomic E-state index is 12.7. The van der Waals surface area contributed by atoms with Crippen LogP contribution in [0.4, 0.5) is 11.4 Å². The zero-order valence-electron chi connectivity index (χ0n) is 17.1. The lowest BCUT2D eigenvalue weighted by atomic mass is 10.0. The standard InChI is InChI=1S/C23H33N3O2/c1-3-12-26(13-4-2)14-5-6-15-28-20-9-7-8-18(16-20)23(27)19-10-11-21(24)22(25)17-19/h7-11,16-17H,3-6,12-15,24-25H2,1-2H3. The van der Waals surface area contributed by atoms with Crippen LogP contribution in [0, 0.1) is 0 Å². The van der Waals surface area contributed by atoms with Gasteiger partial charge in [0.1, 0.15) is 5.75 Å². The number of nitrogens with zero attached hydrogens (tertiary/aromatic N) is 1. The third-order valence-electron chi connectivity index (χ3n) is 4.66. The maximum Gasteiger partial charge on any atom is 0.193 e. The molecule has 5 nitrogen and oxygen atoms in total. The van der Waals surface area contributed by atoms with Crippen molar-refractivity contribution in [1.29, 1.82) is 0 Å². The van der Waals surface area contributed by atoms with Crippen molar-refractivity contribution >= 4 is 17.2 Å². The van der Waals surface area contributed by atoms with Crippen LogP contribution in [0.3, 0.4) is 0 Å². The molecule has 0 amide bonds. The molecule has 0 bridgehead atoms.